The summed E-state index contributed by atoms with van der Waals surface area (Å²) in [5.74, 6) is 0.0967. The van der Waals surface area contributed by atoms with Crippen molar-refractivity contribution in [2.45, 2.75) is 23.8 Å². The van der Waals surface area contributed by atoms with Crippen molar-refractivity contribution >= 4 is 15.7 Å². The van der Waals surface area contributed by atoms with Crippen LogP contribution in [0.15, 0.2) is 77.7 Å². The summed E-state index contributed by atoms with van der Waals surface area (Å²) in [4.78, 5) is 0.225. The van der Waals surface area contributed by atoms with Crippen LogP contribution in [0.2, 0.25) is 0 Å². The van der Waals surface area contributed by atoms with Gasteiger partial charge in [0.05, 0.1) is 23.7 Å². The fourth-order valence-corrected chi connectivity index (χ4v) is 5.62. The second kappa shape index (κ2) is 6.87. The molecule has 0 fully saturated rings. The molecule has 0 bridgehead atoms. The molecular formula is C22H21NO4S. The Hall–Kier alpha value is -2.99. The predicted octanol–water partition coefficient (Wildman–Crippen LogP) is 4.45. The van der Waals surface area contributed by atoms with E-state index in [2.05, 4.69) is 0 Å². The Kier molecular flexibility index (Phi) is 4.51. The third-order valence-corrected chi connectivity index (χ3v) is 7.03. The number of rotatable bonds is 4. The molecule has 1 aliphatic rings. The van der Waals surface area contributed by atoms with E-state index in [-0.39, 0.29) is 22.3 Å². The average Bonchev–Trinajstić information content (AvgIpc) is 3.01. The Morgan fingerprint density at radius 1 is 0.964 bits per heavy atom. The number of phenolic OH excluding ortho intramolecular Hbond substituents is 1. The zero-order valence-corrected chi connectivity index (χ0v) is 16.4. The molecule has 1 heterocycles. The molecule has 1 N–H and O–H groups in total. The summed E-state index contributed by atoms with van der Waals surface area (Å²) in [6, 6.07) is 20.7. The summed E-state index contributed by atoms with van der Waals surface area (Å²) < 4.78 is 34.0. The smallest absolute Gasteiger partial charge is 0.264 e. The number of methoxy groups -OCH3 is 1. The average molecular weight is 395 g/mol. The quantitative estimate of drug-likeness (QED) is 0.709. The Morgan fingerprint density at radius 3 is 2.18 bits per heavy atom. The van der Waals surface area contributed by atoms with Crippen LogP contribution in [-0.4, -0.2) is 20.6 Å². The van der Waals surface area contributed by atoms with Crippen LogP contribution in [-0.2, 0) is 10.0 Å². The lowest BCUT2D eigenvalue weighted by molar-refractivity contribution is 0.373. The van der Waals surface area contributed by atoms with Crippen LogP contribution >= 0.6 is 0 Å². The van der Waals surface area contributed by atoms with Gasteiger partial charge in [0.2, 0.25) is 0 Å². The van der Waals surface area contributed by atoms with E-state index in [1.54, 1.807) is 42.5 Å². The van der Waals surface area contributed by atoms with Crippen molar-refractivity contribution in [3.05, 3.63) is 83.9 Å². The molecule has 144 valence electrons. The van der Waals surface area contributed by atoms with Crippen molar-refractivity contribution in [1.29, 1.82) is 0 Å². The number of aromatic hydroxyl groups is 1. The van der Waals surface area contributed by atoms with Gasteiger partial charge in [-0.05, 0) is 29.3 Å². The van der Waals surface area contributed by atoms with Gasteiger partial charge in [-0.25, -0.2) is 8.42 Å². The summed E-state index contributed by atoms with van der Waals surface area (Å²) in [6.07, 6.45) is 0. The van der Waals surface area contributed by atoms with Gasteiger partial charge in [0.1, 0.15) is 0 Å². The van der Waals surface area contributed by atoms with Crippen LogP contribution in [0.25, 0.3) is 0 Å². The largest absolute Gasteiger partial charge is 0.504 e. The molecule has 0 unspecified atom stereocenters. The number of benzene rings is 3. The number of hydrogen-bond acceptors (Lipinski definition) is 4. The first-order chi connectivity index (χ1) is 13.4. The molecule has 3 aromatic carbocycles. The molecule has 28 heavy (non-hydrogen) atoms. The normalized spacial score (nSPS) is 18.7. The van der Waals surface area contributed by atoms with Crippen LogP contribution in [0.5, 0.6) is 11.5 Å². The van der Waals surface area contributed by atoms with E-state index < -0.39 is 16.1 Å². The number of sulfonamides is 1. The van der Waals surface area contributed by atoms with Crippen LogP contribution in [0.3, 0.4) is 0 Å². The van der Waals surface area contributed by atoms with Gasteiger partial charge >= 0.3 is 0 Å². The van der Waals surface area contributed by atoms with E-state index in [9.17, 15) is 13.5 Å². The second-order valence-electron chi connectivity index (χ2n) is 6.84. The zero-order valence-electron chi connectivity index (χ0n) is 15.6. The zero-order chi connectivity index (χ0) is 19.9. The molecule has 5 nitrogen and oxygen atoms in total. The Balaban J connectivity index is 1.97. The van der Waals surface area contributed by atoms with Gasteiger partial charge in [0, 0.05) is 12.0 Å². The number of ether oxygens (including phenoxy) is 1. The van der Waals surface area contributed by atoms with Crippen LogP contribution in [0.4, 0.5) is 5.69 Å². The van der Waals surface area contributed by atoms with Gasteiger partial charge in [-0.1, -0.05) is 55.5 Å². The van der Waals surface area contributed by atoms with Crippen LogP contribution in [0.1, 0.15) is 30.0 Å². The van der Waals surface area contributed by atoms with E-state index in [1.165, 1.54) is 11.4 Å². The molecule has 2 atom stereocenters. The molecule has 1 aliphatic heterocycles. The SMILES string of the molecule is COc1cc2c(cc1O)[C@H](C)[C@@H](c1ccccc1)N2S(=O)(=O)c1ccccc1. The summed E-state index contributed by atoms with van der Waals surface area (Å²) >= 11 is 0. The number of phenols is 1. The van der Waals surface area contributed by atoms with Crippen molar-refractivity contribution in [3.8, 4) is 11.5 Å². The maximum absolute atomic E-state index is 13.6. The number of anilines is 1. The maximum atomic E-state index is 13.6. The van der Waals surface area contributed by atoms with Gasteiger partial charge < -0.3 is 9.84 Å². The second-order valence-corrected chi connectivity index (χ2v) is 8.66. The van der Waals surface area contributed by atoms with Gasteiger partial charge in [-0.3, -0.25) is 4.31 Å². The number of fused-ring (bicyclic) bond motifs is 1. The Morgan fingerprint density at radius 2 is 1.57 bits per heavy atom. The Bertz CT molecular complexity index is 1100. The number of nitrogens with zero attached hydrogens (tertiary/aromatic N) is 1. The first-order valence-electron chi connectivity index (χ1n) is 9.00. The van der Waals surface area contributed by atoms with E-state index in [0.29, 0.717) is 5.69 Å². The van der Waals surface area contributed by atoms with Gasteiger partial charge in [0.25, 0.3) is 10.0 Å². The molecule has 0 spiro atoms. The summed E-state index contributed by atoms with van der Waals surface area (Å²) in [5.41, 5.74) is 2.19. The molecule has 6 heteroatoms. The summed E-state index contributed by atoms with van der Waals surface area (Å²) in [7, 11) is -2.38. The first kappa shape index (κ1) is 18.4. The van der Waals surface area contributed by atoms with Crippen molar-refractivity contribution in [2.75, 3.05) is 11.4 Å². The topological polar surface area (TPSA) is 66.8 Å². The molecule has 0 aliphatic carbocycles. The molecule has 0 radical (unpaired) electrons. The van der Waals surface area contributed by atoms with Crippen LogP contribution < -0.4 is 9.04 Å². The van der Waals surface area contributed by atoms with Crippen molar-refractivity contribution < 1.29 is 18.3 Å². The monoisotopic (exact) mass is 395 g/mol. The van der Waals surface area contributed by atoms with Crippen molar-refractivity contribution in [2.24, 2.45) is 0 Å². The summed E-state index contributed by atoms with van der Waals surface area (Å²) in [5, 5.41) is 10.3. The first-order valence-corrected chi connectivity index (χ1v) is 10.4. The van der Waals surface area contributed by atoms with Gasteiger partial charge in [-0.15, -0.1) is 0 Å². The van der Waals surface area contributed by atoms with E-state index in [0.717, 1.165) is 11.1 Å². The minimum atomic E-state index is -3.82. The van der Waals surface area contributed by atoms with Gasteiger partial charge in [0.15, 0.2) is 11.5 Å². The van der Waals surface area contributed by atoms with Crippen LogP contribution in [0, 0.1) is 0 Å². The highest BCUT2D eigenvalue weighted by Crippen LogP contribution is 2.53. The third kappa shape index (κ3) is 2.81. The maximum Gasteiger partial charge on any atom is 0.264 e. The molecule has 0 aromatic heterocycles. The highest BCUT2D eigenvalue weighted by molar-refractivity contribution is 7.92. The lowest BCUT2D eigenvalue weighted by Crippen LogP contribution is -2.33. The van der Waals surface area contributed by atoms with E-state index >= 15 is 0 Å². The lowest BCUT2D eigenvalue weighted by Gasteiger charge is -2.29. The highest BCUT2D eigenvalue weighted by atomic mass is 32.2. The highest BCUT2D eigenvalue weighted by Gasteiger charge is 2.44. The molecule has 4 rings (SSSR count). The van der Waals surface area contributed by atoms with Crippen molar-refractivity contribution in [1.82, 2.24) is 0 Å². The fourth-order valence-electron chi connectivity index (χ4n) is 3.88. The molecule has 0 saturated heterocycles. The molecule has 0 saturated carbocycles. The molecule has 3 aromatic rings. The fraction of sp³-hybridized carbons (Fsp3) is 0.182. The third-order valence-electron chi connectivity index (χ3n) is 5.22. The lowest BCUT2D eigenvalue weighted by atomic mass is 9.92. The molecular weight excluding hydrogens is 374 g/mol. The summed E-state index contributed by atoms with van der Waals surface area (Å²) in [6.45, 7) is 1.98. The number of hydrogen-bond donors (Lipinski definition) is 1. The standard InChI is InChI=1S/C22H21NO4S/c1-15-18-13-20(24)21(27-2)14-19(18)23(22(15)16-9-5-3-6-10-16)28(25,26)17-11-7-4-8-12-17/h3-15,22,24H,1-2H3/t15-,22-/m0/s1. The molecule has 0 amide bonds. The Labute approximate surface area is 164 Å². The van der Waals surface area contributed by atoms with E-state index in [4.69, 9.17) is 4.74 Å². The van der Waals surface area contributed by atoms with Crippen molar-refractivity contribution in [3.63, 3.8) is 0 Å². The minimum absolute atomic E-state index is 0.00105. The minimum Gasteiger partial charge on any atom is -0.504 e. The van der Waals surface area contributed by atoms with Gasteiger partial charge in [-0.2, -0.15) is 0 Å². The van der Waals surface area contributed by atoms with E-state index in [1.807, 2.05) is 37.3 Å². The predicted molar refractivity (Wildman–Crippen MR) is 108 cm³/mol.